The zero-order chi connectivity index (χ0) is 92.7. The monoisotopic (exact) mass is 1910 g/mol. The molecule has 21 heteroatoms. The molecule has 0 radical (unpaired) electrons. The van der Waals surface area contributed by atoms with Gasteiger partial charge in [0.05, 0.1) is 0 Å². The van der Waals surface area contributed by atoms with Crippen LogP contribution >= 0.6 is 68.0 Å². The van der Waals surface area contributed by atoms with Crippen LogP contribution in [0.3, 0.4) is 0 Å². The van der Waals surface area contributed by atoms with E-state index in [1.807, 2.05) is 152 Å². The molecule has 660 valence electrons. The van der Waals surface area contributed by atoms with E-state index in [-0.39, 0.29) is 0 Å². The maximum Gasteiger partial charge on any atom is 0.227 e. The van der Waals surface area contributed by atoms with Gasteiger partial charge >= 0.3 is 0 Å². The van der Waals surface area contributed by atoms with Gasteiger partial charge in [0.2, 0.25) is 17.7 Å². The van der Waals surface area contributed by atoms with Gasteiger partial charge < -0.3 is 13.3 Å². The van der Waals surface area contributed by atoms with Crippen molar-refractivity contribution < 1.29 is 13.3 Å². The van der Waals surface area contributed by atoms with E-state index in [9.17, 15) is 0 Å². The van der Waals surface area contributed by atoms with Crippen LogP contribution in [0.2, 0.25) is 0 Å². The third-order valence-corrected chi connectivity index (χ3v) is 32.6. The molecular formula is C120H66N12O3S6. The van der Waals surface area contributed by atoms with E-state index in [0.717, 1.165) is 161 Å². The van der Waals surface area contributed by atoms with Gasteiger partial charge in [-0.05, 0) is 140 Å². The van der Waals surface area contributed by atoms with Crippen molar-refractivity contribution in [3.05, 3.63) is 400 Å². The van der Waals surface area contributed by atoms with E-state index in [0.29, 0.717) is 70.1 Å². The van der Waals surface area contributed by atoms with Crippen molar-refractivity contribution in [2.24, 2.45) is 0 Å². The number of aromatic nitrogens is 12. The minimum Gasteiger partial charge on any atom is -0.436 e. The molecule has 0 spiro atoms. The Kier molecular flexibility index (Phi) is 19.7. The lowest BCUT2D eigenvalue weighted by Crippen LogP contribution is -2.00. The summed E-state index contributed by atoms with van der Waals surface area (Å²) in [5, 5.41) is 13.9. The summed E-state index contributed by atoms with van der Waals surface area (Å²) in [7, 11) is 0. The number of thiophene rings is 6. The molecule has 0 atom stereocenters. The number of hydrogen-bond donors (Lipinski definition) is 0. The molecule has 0 saturated carbocycles. The first kappa shape index (κ1) is 82.0. The van der Waals surface area contributed by atoms with Gasteiger partial charge in [-0.3, -0.25) is 0 Å². The van der Waals surface area contributed by atoms with Gasteiger partial charge in [0.25, 0.3) is 0 Å². The lowest BCUT2D eigenvalue weighted by molar-refractivity contribution is 0.620. The van der Waals surface area contributed by atoms with Gasteiger partial charge in [0.15, 0.2) is 69.2 Å². The molecule has 0 fully saturated rings. The highest BCUT2D eigenvalue weighted by Crippen LogP contribution is 2.51. The molecule has 0 N–H and O–H groups in total. The van der Waals surface area contributed by atoms with Gasteiger partial charge in [0, 0.05) is 188 Å². The second kappa shape index (κ2) is 33.9. The minimum absolute atomic E-state index is 0.601. The van der Waals surface area contributed by atoms with Gasteiger partial charge in [-0.25, -0.2) is 59.8 Å². The fourth-order valence-corrected chi connectivity index (χ4v) is 26.2. The molecule has 30 rings (SSSR count). The quantitative estimate of drug-likeness (QED) is 0.112. The summed E-state index contributed by atoms with van der Waals surface area (Å²) in [4.78, 5) is 60.8. The van der Waals surface area contributed by atoms with Crippen LogP contribution in [-0.2, 0) is 0 Å². The number of hydrogen-bond acceptors (Lipinski definition) is 21. The van der Waals surface area contributed by atoms with Crippen LogP contribution in [0.25, 0.3) is 291 Å². The highest BCUT2D eigenvalue weighted by atomic mass is 32.1. The highest BCUT2D eigenvalue weighted by Gasteiger charge is 2.28. The first-order valence-electron chi connectivity index (χ1n) is 45.9. The molecule has 0 bridgehead atoms. The third-order valence-electron chi connectivity index (χ3n) is 25.8. The molecule has 15 nitrogen and oxygen atoms in total. The highest BCUT2D eigenvalue weighted by molar-refractivity contribution is 7.28. The van der Waals surface area contributed by atoms with Crippen LogP contribution in [0.5, 0.6) is 0 Å². The van der Waals surface area contributed by atoms with Crippen LogP contribution in [-0.4, -0.2) is 59.8 Å². The van der Waals surface area contributed by atoms with Crippen molar-refractivity contribution in [3.63, 3.8) is 0 Å². The Bertz CT molecular complexity index is 10200. The van der Waals surface area contributed by atoms with Crippen LogP contribution in [0.15, 0.2) is 414 Å². The van der Waals surface area contributed by atoms with Crippen molar-refractivity contribution >= 4 is 222 Å². The van der Waals surface area contributed by atoms with Gasteiger partial charge in [-0.1, -0.05) is 261 Å². The second-order valence-corrected chi connectivity index (χ2v) is 40.8. The maximum atomic E-state index is 6.30. The molecule has 30 aromatic rings. The van der Waals surface area contributed by atoms with Crippen LogP contribution < -0.4 is 0 Å². The Labute approximate surface area is 825 Å². The van der Waals surface area contributed by atoms with Crippen LogP contribution in [0.1, 0.15) is 0 Å². The third kappa shape index (κ3) is 14.4. The van der Waals surface area contributed by atoms with Gasteiger partial charge in [0.1, 0.15) is 16.6 Å². The van der Waals surface area contributed by atoms with Gasteiger partial charge in [-0.2, -0.15) is 0 Å². The average molecular weight is 1920 g/mol. The topological polar surface area (TPSA) is 194 Å². The largest absolute Gasteiger partial charge is 0.436 e. The number of fused-ring (bicyclic) bond motifs is 21. The zero-order valence-corrected chi connectivity index (χ0v) is 79.0. The summed E-state index contributed by atoms with van der Waals surface area (Å²) in [6, 6.07) is 137. The first-order valence-corrected chi connectivity index (χ1v) is 50.8. The Morgan fingerprint density at radius 2 is 0.390 bits per heavy atom. The van der Waals surface area contributed by atoms with Crippen molar-refractivity contribution in [3.8, 4) is 137 Å². The fraction of sp³-hybridized carbons (Fsp3) is 0. The maximum absolute atomic E-state index is 6.30. The van der Waals surface area contributed by atoms with Gasteiger partial charge in [-0.15, -0.1) is 68.0 Å². The average Bonchev–Trinajstić information content (AvgIpc) is 1.59. The molecule has 0 unspecified atom stereocenters. The molecule has 0 aliphatic heterocycles. The SMILES string of the molecule is c1ccc(-c2nc(-c3ccc4c(c3)sc3ccccc34)nc(-c3cccc4sc5cccc(-c6nc7ccccc7o6)c5c34)n2)cc1.c1ccc(-c2nc(-c3ccc4sc5ccccc5c4c3)nc(-c3cccc4sc5cccc(-c6nc7ccccc7o6)c5c34)n2)cc1.c1ccc(-c2nc(-c3cccc4sc5ccccc5c34)nc(-c3cccc4sc5cccc(-c6nc7ccccc7o6)c5c34)n2)cc1. The van der Waals surface area contributed by atoms with E-state index in [1.54, 1.807) is 68.0 Å². The molecule has 0 amide bonds. The van der Waals surface area contributed by atoms with Crippen molar-refractivity contribution in [1.82, 2.24) is 59.8 Å². The Morgan fingerprint density at radius 1 is 0.142 bits per heavy atom. The summed E-state index contributed by atoms with van der Waals surface area (Å²) in [5.74, 6) is 7.53. The Balaban J connectivity index is 0.000000104. The predicted molar refractivity (Wildman–Crippen MR) is 585 cm³/mol. The number of oxazole rings is 3. The van der Waals surface area contributed by atoms with Crippen molar-refractivity contribution in [2.45, 2.75) is 0 Å². The molecule has 0 saturated heterocycles. The Morgan fingerprint density at radius 3 is 0.787 bits per heavy atom. The summed E-state index contributed by atoms with van der Waals surface area (Å²) in [5.41, 5.74) is 16.2. The number of rotatable bonds is 12. The summed E-state index contributed by atoms with van der Waals surface area (Å²) >= 11 is 10.6. The first-order chi connectivity index (χ1) is 69.8. The normalized spacial score (nSPS) is 11.8. The molecule has 18 aromatic carbocycles. The van der Waals surface area contributed by atoms with E-state index in [4.69, 9.17) is 73.1 Å². The molecule has 12 heterocycles. The number of nitrogens with zero attached hydrogens (tertiary/aromatic N) is 12. The summed E-state index contributed by atoms with van der Waals surface area (Å²) < 4.78 is 33.2. The van der Waals surface area contributed by atoms with Crippen molar-refractivity contribution in [1.29, 1.82) is 0 Å². The van der Waals surface area contributed by atoms with E-state index < -0.39 is 0 Å². The van der Waals surface area contributed by atoms with E-state index in [1.165, 1.54) is 60.5 Å². The van der Waals surface area contributed by atoms with E-state index in [2.05, 4.69) is 249 Å². The summed E-state index contributed by atoms with van der Waals surface area (Å²) in [6.07, 6.45) is 0. The number of benzene rings is 18. The Hall–Kier alpha value is -17.3. The van der Waals surface area contributed by atoms with Crippen LogP contribution in [0.4, 0.5) is 0 Å². The predicted octanol–water partition coefficient (Wildman–Crippen LogP) is 34.2. The summed E-state index contributed by atoms with van der Waals surface area (Å²) in [6.45, 7) is 0. The molecule has 0 aliphatic carbocycles. The standard InChI is InChI=1S/3C40H22N4OS2/c1-2-11-23(12-3-1)37-42-38(25-14-8-20-31-34(25)24-13-4-7-19-30(24)46-31)44-39(43-37)26-15-9-21-32-35(26)36-27(16-10-22-33(36)47-32)40-41-28-17-5-6-18-29(28)45-40;1-2-10-23(11-3-1)37-42-38(24-20-21-26-25-12-4-7-17-31(25)46-34(26)22-24)44-39(43-37)27-13-8-18-32-35(27)36-28(14-9-19-33(36)47-32)40-41-29-15-5-6-16-30(29)45-40;1-2-10-23(11-3-1)37-42-38(24-20-21-32-28(22-24)25-12-4-7-17-31(25)46-32)44-39(43-37)26-13-8-18-33-35(26)36-27(14-9-19-34(36)47-33)40-41-29-15-5-6-16-30(29)45-40/h3*1-22H. The smallest absolute Gasteiger partial charge is 0.227 e. The van der Waals surface area contributed by atoms with E-state index >= 15 is 0 Å². The lowest BCUT2D eigenvalue weighted by atomic mass is 10.0. The minimum atomic E-state index is 0.601. The number of para-hydroxylation sites is 6. The lowest BCUT2D eigenvalue weighted by Gasteiger charge is -2.11. The molecule has 141 heavy (non-hydrogen) atoms. The fourth-order valence-electron chi connectivity index (χ4n) is 19.4. The second-order valence-electron chi connectivity index (χ2n) is 34.3. The van der Waals surface area contributed by atoms with Crippen molar-refractivity contribution in [2.75, 3.05) is 0 Å². The van der Waals surface area contributed by atoms with Crippen LogP contribution in [0, 0.1) is 0 Å². The molecular weight excluding hydrogens is 1850 g/mol. The molecule has 12 aromatic heterocycles. The zero-order valence-electron chi connectivity index (χ0n) is 74.1. The molecule has 0 aliphatic rings.